The van der Waals surface area contributed by atoms with Gasteiger partial charge in [-0.1, -0.05) is 12.1 Å². The maximum atomic E-state index is 13.6. The third-order valence-corrected chi connectivity index (χ3v) is 5.44. The molecule has 3 N–H and O–H groups in total. The maximum Gasteiger partial charge on any atom is 0.244 e. The second-order valence-electron chi connectivity index (χ2n) is 5.71. The van der Waals surface area contributed by atoms with Gasteiger partial charge in [-0.15, -0.1) is 0 Å². The molecule has 2 rings (SSSR count). The van der Waals surface area contributed by atoms with Crippen molar-refractivity contribution in [1.29, 1.82) is 0 Å². The number of nitrogens with one attached hydrogen (secondary N) is 3. The van der Waals surface area contributed by atoms with Crippen molar-refractivity contribution in [2.24, 2.45) is 5.92 Å². The molecule has 1 fully saturated rings. The van der Waals surface area contributed by atoms with Gasteiger partial charge >= 0.3 is 0 Å². The van der Waals surface area contributed by atoms with E-state index in [1.54, 1.807) is 0 Å². The Morgan fingerprint density at radius 1 is 1.43 bits per heavy atom. The Balaban J connectivity index is 1.86. The number of hydrogen-bond donors (Lipinski definition) is 3. The molecule has 23 heavy (non-hydrogen) atoms. The minimum atomic E-state index is -4.07. The van der Waals surface area contributed by atoms with Gasteiger partial charge in [0.1, 0.15) is 10.7 Å². The van der Waals surface area contributed by atoms with Crippen LogP contribution in [0.3, 0.4) is 0 Å². The Labute approximate surface area is 135 Å². The largest absolute Gasteiger partial charge is 0.355 e. The highest BCUT2D eigenvalue weighted by molar-refractivity contribution is 7.89. The molecule has 6 nitrogen and oxygen atoms in total. The lowest BCUT2D eigenvalue weighted by Gasteiger charge is -2.15. The van der Waals surface area contributed by atoms with Crippen LogP contribution in [0.15, 0.2) is 29.2 Å². The molecule has 0 aromatic heterocycles. The average molecular weight is 343 g/mol. The zero-order chi connectivity index (χ0) is 16.9. The summed E-state index contributed by atoms with van der Waals surface area (Å²) in [7, 11) is -4.07. The van der Waals surface area contributed by atoms with Crippen LogP contribution in [0.5, 0.6) is 0 Å². The minimum Gasteiger partial charge on any atom is -0.355 e. The number of rotatable bonds is 7. The van der Waals surface area contributed by atoms with E-state index in [0.29, 0.717) is 12.5 Å². The molecule has 0 saturated carbocycles. The fourth-order valence-corrected chi connectivity index (χ4v) is 3.81. The van der Waals surface area contributed by atoms with Crippen LogP contribution >= 0.6 is 0 Å². The third-order valence-electron chi connectivity index (χ3n) is 3.87. The van der Waals surface area contributed by atoms with Gasteiger partial charge in [0.05, 0.1) is 6.04 Å². The predicted octanol–water partition coefficient (Wildman–Crippen LogP) is 0.608. The number of benzene rings is 1. The van der Waals surface area contributed by atoms with Gasteiger partial charge in [0, 0.05) is 6.54 Å². The summed E-state index contributed by atoms with van der Waals surface area (Å²) in [6.45, 7) is 3.88. The molecule has 1 amide bonds. The molecule has 128 valence electrons. The lowest BCUT2D eigenvalue weighted by Crippen LogP contribution is -2.45. The molecule has 1 aliphatic rings. The molecule has 1 aromatic rings. The minimum absolute atomic E-state index is 0.420. The average Bonchev–Trinajstić information content (AvgIpc) is 3.00. The smallest absolute Gasteiger partial charge is 0.244 e. The zero-order valence-electron chi connectivity index (χ0n) is 13.0. The molecule has 8 heteroatoms. The molecule has 1 heterocycles. The topological polar surface area (TPSA) is 87.3 Å². The van der Waals surface area contributed by atoms with Crippen LogP contribution in [-0.4, -0.2) is 40.0 Å². The van der Waals surface area contributed by atoms with E-state index in [1.165, 1.54) is 19.1 Å². The number of sulfonamides is 1. The molecule has 0 bridgehead atoms. The molecule has 0 spiro atoms. The highest BCUT2D eigenvalue weighted by Crippen LogP contribution is 2.14. The Bertz CT molecular complexity index is 645. The van der Waals surface area contributed by atoms with Gasteiger partial charge in [-0.05, 0) is 50.9 Å². The van der Waals surface area contributed by atoms with Crippen molar-refractivity contribution in [2.75, 3.05) is 19.6 Å². The van der Waals surface area contributed by atoms with Gasteiger partial charge in [-0.25, -0.2) is 12.8 Å². The fraction of sp³-hybridized carbons (Fsp3) is 0.533. The normalized spacial score (nSPS) is 19.5. The molecule has 2 atom stereocenters. The van der Waals surface area contributed by atoms with Crippen LogP contribution in [0.25, 0.3) is 0 Å². The van der Waals surface area contributed by atoms with Crippen LogP contribution in [0.1, 0.15) is 19.8 Å². The number of carbonyl (C=O) groups excluding carboxylic acids is 1. The SMILES string of the molecule is CC(NS(=O)(=O)c1ccccc1F)C(=O)NCCC1CCNC1. The van der Waals surface area contributed by atoms with Crippen molar-refractivity contribution < 1.29 is 17.6 Å². The summed E-state index contributed by atoms with van der Waals surface area (Å²) in [6, 6.07) is 4.09. The highest BCUT2D eigenvalue weighted by atomic mass is 32.2. The van der Waals surface area contributed by atoms with Crippen LogP contribution < -0.4 is 15.4 Å². The van der Waals surface area contributed by atoms with E-state index in [1.807, 2.05) is 0 Å². The van der Waals surface area contributed by atoms with Crippen LogP contribution in [0.4, 0.5) is 4.39 Å². The molecule has 1 saturated heterocycles. The monoisotopic (exact) mass is 343 g/mol. The van der Waals surface area contributed by atoms with Crippen molar-refractivity contribution in [3.05, 3.63) is 30.1 Å². The quantitative estimate of drug-likeness (QED) is 0.677. The van der Waals surface area contributed by atoms with Crippen molar-refractivity contribution >= 4 is 15.9 Å². The highest BCUT2D eigenvalue weighted by Gasteiger charge is 2.24. The standard InChI is InChI=1S/C15H22FN3O3S/c1-11(15(20)18-9-7-12-6-8-17-10-12)19-23(21,22)14-5-3-2-4-13(14)16/h2-5,11-12,17,19H,6-10H2,1H3,(H,18,20). The molecular weight excluding hydrogens is 321 g/mol. The summed E-state index contributed by atoms with van der Waals surface area (Å²) in [4.78, 5) is 11.5. The summed E-state index contributed by atoms with van der Waals surface area (Å²) in [5, 5.41) is 5.96. The summed E-state index contributed by atoms with van der Waals surface area (Å²) in [5.74, 6) is -0.724. The first-order valence-corrected chi connectivity index (χ1v) is 9.14. The number of hydrogen-bond acceptors (Lipinski definition) is 4. The third kappa shape index (κ3) is 4.98. The second-order valence-corrected chi connectivity index (χ2v) is 7.39. The fourth-order valence-electron chi connectivity index (χ4n) is 2.53. The van der Waals surface area contributed by atoms with Gasteiger partial charge < -0.3 is 10.6 Å². The Hall–Kier alpha value is -1.51. The van der Waals surface area contributed by atoms with Gasteiger partial charge in [0.25, 0.3) is 0 Å². The Morgan fingerprint density at radius 2 is 2.17 bits per heavy atom. The van der Waals surface area contributed by atoms with E-state index in [0.717, 1.165) is 38.1 Å². The molecule has 0 radical (unpaired) electrons. The van der Waals surface area contributed by atoms with Crippen LogP contribution in [0, 0.1) is 11.7 Å². The maximum absolute atomic E-state index is 13.6. The second kappa shape index (κ2) is 7.85. The Kier molecular flexibility index (Phi) is 6.09. The van der Waals surface area contributed by atoms with Crippen molar-refractivity contribution in [1.82, 2.24) is 15.4 Å². The molecular formula is C15H22FN3O3S. The number of carbonyl (C=O) groups is 1. The van der Waals surface area contributed by atoms with Gasteiger partial charge in [-0.3, -0.25) is 4.79 Å². The van der Waals surface area contributed by atoms with Crippen LogP contribution in [0.2, 0.25) is 0 Å². The van der Waals surface area contributed by atoms with Gasteiger partial charge in [-0.2, -0.15) is 4.72 Å². The van der Waals surface area contributed by atoms with E-state index in [4.69, 9.17) is 0 Å². The summed E-state index contributed by atoms with van der Waals surface area (Å²) >= 11 is 0. The van der Waals surface area contributed by atoms with E-state index in [2.05, 4.69) is 15.4 Å². The van der Waals surface area contributed by atoms with Gasteiger partial charge in [0.2, 0.25) is 15.9 Å². The lowest BCUT2D eigenvalue weighted by molar-refractivity contribution is -0.122. The molecule has 1 aromatic carbocycles. The summed E-state index contributed by atoms with van der Waals surface area (Å²) in [5.41, 5.74) is 0. The lowest BCUT2D eigenvalue weighted by atomic mass is 10.1. The van der Waals surface area contributed by atoms with Crippen molar-refractivity contribution in [3.63, 3.8) is 0 Å². The van der Waals surface area contributed by atoms with Crippen molar-refractivity contribution in [2.45, 2.75) is 30.7 Å². The first kappa shape index (κ1) is 17.8. The van der Waals surface area contributed by atoms with E-state index in [-0.39, 0.29) is 0 Å². The first-order valence-electron chi connectivity index (χ1n) is 7.65. The molecule has 1 aliphatic heterocycles. The summed E-state index contributed by atoms with van der Waals surface area (Å²) in [6.07, 6.45) is 1.94. The van der Waals surface area contributed by atoms with Crippen molar-refractivity contribution in [3.8, 4) is 0 Å². The van der Waals surface area contributed by atoms with Crippen LogP contribution in [-0.2, 0) is 14.8 Å². The first-order chi connectivity index (χ1) is 10.9. The van der Waals surface area contributed by atoms with E-state index < -0.39 is 32.7 Å². The zero-order valence-corrected chi connectivity index (χ0v) is 13.8. The van der Waals surface area contributed by atoms with E-state index in [9.17, 15) is 17.6 Å². The summed E-state index contributed by atoms with van der Waals surface area (Å²) < 4.78 is 40.0. The number of amides is 1. The van der Waals surface area contributed by atoms with E-state index >= 15 is 0 Å². The molecule has 0 aliphatic carbocycles. The Morgan fingerprint density at radius 3 is 2.83 bits per heavy atom. The number of halogens is 1. The molecule has 2 unspecified atom stereocenters. The van der Waals surface area contributed by atoms with Gasteiger partial charge in [0.15, 0.2) is 0 Å². The predicted molar refractivity (Wildman–Crippen MR) is 84.8 cm³/mol.